The van der Waals surface area contributed by atoms with Gasteiger partial charge in [0, 0.05) is 12.1 Å². The van der Waals surface area contributed by atoms with Crippen LogP contribution in [0.25, 0.3) is 0 Å². The molecule has 108 valence electrons. The summed E-state index contributed by atoms with van der Waals surface area (Å²) in [5.41, 5.74) is 7.82. The van der Waals surface area contributed by atoms with Crippen LogP contribution in [0.5, 0.6) is 5.75 Å². The highest BCUT2D eigenvalue weighted by atomic mass is 32.1. The van der Waals surface area contributed by atoms with Crippen LogP contribution in [-0.4, -0.2) is 18.0 Å². The Labute approximate surface area is 128 Å². The first kappa shape index (κ1) is 15.0. The van der Waals surface area contributed by atoms with Crippen molar-refractivity contribution >= 4 is 23.1 Å². The Kier molecular flexibility index (Phi) is 4.90. The smallest absolute Gasteiger partial charge is 0.255 e. The predicted octanol–water partition coefficient (Wildman–Crippen LogP) is 2.26. The number of thiocarbonyl (C=S) groups is 1. The lowest BCUT2D eigenvalue weighted by Gasteiger charge is -2.09. The maximum Gasteiger partial charge on any atom is 0.255 e. The number of benzene rings is 2. The van der Waals surface area contributed by atoms with Gasteiger partial charge in [0.25, 0.3) is 5.91 Å². The van der Waals surface area contributed by atoms with Gasteiger partial charge in [0.1, 0.15) is 10.7 Å². The summed E-state index contributed by atoms with van der Waals surface area (Å²) in [5, 5.41) is 2.85. The van der Waals surface area contributed by atoms with E-state index < -0.39 is 0 Å². The van der Waals surface area contributed by atoms with E-state index in [0.29, 0.717) is 22.8 Å². The van der Waals surface area contributed by atoms with E-state index in [4.69, 9.17) is 22.7 Å². The molecule has 21 heavy (non-hydrogen) atoms. The van der Waals surface area contributed by atoms with Gasteiger partial charge in [-0.2, -0.15) is 0 Å². The second-order valence-electron chi connectivity index (χ2n) is 4.45. The lowest BCUT2D eigenvalue weighted by Crippen LogP contribution is -2.23. The summed E-state index contributed by atoms with van der Waals surface area (Å²) in [7, 11) is 1.54. The molecule has 0 heterocycles. The van der Waals surface area contributed by atoms with E-state index in [0.717, 1.165) is 11.1 Å². The highest BCUT2D eigenvalue weighted by Crippen LogP contribution is 2.17. The monoisotopic (exact) mass is 300 g/mol. The first-order chi connectivity index (χ1) is 10.1. The third-order valence-corrected chi connectivity index (χ3v) is 3.25. The van der Waals surface area contributed by atoms with Crippen LogP contribution in [-0.2, 0) is 6.54 Å². The van der Waals surface area contributed by atoms with Gasteiger partial charge in [-0.25, -0.2) is 0 Å². The number of hydrogen-bond donors (Lipinski definition) is 2. The second kappa shape index (κ2) is 6.85. The summed E-state index contributed by atoms with van der Waals surface area (Å²) < 4.78 is 5.17. The van der Waals surface area contributed by atoms with Gasteiger partial charge in [-0.1, -0.05) is 42.5 Å². The molecule has 0 atom stereocenters. The number of amides is 1. The Balaban J connectivity index is 2.07. The van der Waals surface area contributed by atoms with Crippen LogP contribution in [0.2, 0.25) is 0 Å². The molecule has 2 aromatic rings. The molecular formula is C16H16N2O2S. The van der Waals surface area contributed by atoms with Gasteiger partial charge in [0.2, 0.25) is 0 Å². The fourth-order valence-corrected chi connectivity index (χ4v) is 2.07. The Morgan fingerprint density at radius 1 is 1.24 bits per heavy atom. The van der Waals surface area contributed by atoms with Crippen molar-refractivity contribution in [2.75, 3.05) is 7.11 Å². The molecule has 5 heteroatoms. The van der Waals surface area contributed by atoms with Crippen molar-refractivity contribution in [2.45, 2.75) is 6.54 Å². The first-order valence-electron chi connectivity index (χ1n) is 6.42. The SMILES string of the molecule is COc1ccccc1C(=O)NCc1cccc(C(N)=S)c1. The van der Waals surface area contributed by atoms with Crippen molar-refractivity contribution in [3.8, 4) is 5.75 Å². The van der Waals surface area contributed by atoms with Crippen LogP contribution in [0.3, 0.4) is 0 Å². The predicted molar refractivity (Wildman–Crippen MR) is 86.5 cm³/mol. The van der Waals surface area contributed by atoms with Gasteiger partial charge >= 0.3 is 0 Å². The van der Waals surface area contributed by atoms with Crippen molar-refractivity contribution in [3.05, 3.63) is 65.2 Å². The van der Waals surface area contributed by atoms with Crippen molar-refractivity contribution in [3.63, 3.8) is 0 Å². The van der Waals surface area contributed by atoms with Crippen LogP contribution in [0.15, 0.2) is 48.5 Å². The van der Waals surface area contributed by atoms with E-state index in [1.165, 1.54) is 7.11 Å². The molecule has 2 aromatic carbocycles. The summed E-state index contributed by atoms with van der Waals surface area (Å²) in [4.78, 5) is 12.5. The summed E-state index contributed by atoms with van der Waals surface area (Å²) in [6.07, 6.45) is 0. The van der Waals surface area contributed by atoms with E-state index >= 15 is 0 Å². The molecule has 4 nitrogen and oxygen atoms in total. The molecule has 0 bridgehead atoms. The Morgan fingerprint density at radius 2 is 2.00 bits per heavy atom. The van der Waals surface area contributed by atoms with Crippen LogP contribution in [0.4, 0.5) is 0 Å². The molecule has 0 aromatic heterocycles. The molecule has 0 aliphatic carbocycles. The van der Waals surface area contributed by atoms with Crippen LogP contribution in [0, 0.1) is 0 Å². The standard InChI is InChI=1S/C16H16N2O2S/c1-20-14-8-3-2-7-13(14)16(19)18-10-11-5-4-6-12(9-11)15(17)21/h2-9H,10H2,1H3,(H2,17,21)(H,18,19). The zero-order chi connectivity index (χ0) is 15.2. The number of para-hydroxylation sites is 1. The maximum absolute atomic E-state index is 12.2. The lowest BCUT2D eigenvalue weighted by molar-refractivity contribution is 0.0948. The molecule has 0 saturated heterocycles. The zero-order valence-electron chi connectivity index (χ0n) is 11.6. The summed E-state index contributed by atoms with van der Waals surface area (Å²) in [6.45, 7) is 0.396. The summed E-state index contributed by atoms with van der Waals surface area (Å²) >= 11 is 4.94. The second-order valence-corrected chi connectivity index (χ2v) is 4.89. The van der Waals surface area contributed by atoms with Gasteiger partial charge in [-0.05, 0) is 23.8 Å². The average Bonchev–Trinajstić information content (AvgIpc) is 2.52. The molecule has 0 radical (unpaired) electrons. The van der Waals surface area contributed by atoms with Crippen molar-refractivity contribution in [1.29, 1.82) is 0 Å². The first-order valence-corrected chi connectivity index (χ1v) is 6.82. The van der Waals surface area contributed by atoms with E-state index in [1.54, 1.807) is 18.2 Å². The molecule has 3 N–H and O–H groups in total. The number of nitrogens with one attached hydrogen (secondary N) is 1. The van der Waals surface area contributed by atoms with Crippen molar-refractivity contribution in [2.24, 2.45) is 5.73 Å². The highest BCUT2D eigenvalue weighted by Gasteiger charge is 2.10. The summed E-state index contributed by atoms with van der Waals surface area (Å²) in [6, 6.07) is 14.6. The molecule has 0 aliphatic rings. The van der Waals surface area contributed by atoms with Crippen LogP contribution in [0.1, 0.15) is 21.5 Å². The van der Waals surface area contributed by atoms with E-state index in [-0.39, 0.29) is 5.91 Å². The Hall–Kier alpha value is -2.40. The minimum atomic E-state index is -0.187. The van der Waals surface area contributed by atoms with Crippen LogP contribution >= 0.6 is 12.2 Å². The molecule has 0 aliphatic heterocycles. The number of rotatable bonds is 5. The van der Waals surface area contributed by atoms with Gasteiger partial charge < -0.3 is 15.8 Å². The topological polar surface area (TPSA) is 64.3 Å². The number of ether oxygens (including phenoxy) is 1. The quantitative estimate of drug-likeness (QED) is 0.831. The molecule has 0 unspecified atom stereocenters. The number of methoxy groups -OCH3 is 1. The molecule has 0 spiro atoms. The van der Waals surface area contributed by atoms with Gasteiger partial charge in [0.05, 0.1) is 12.7 Å². The van der Waals surface area contributed by atoms with Crippen molar-refractivity contribution < 1.29 is 9.53 Å². The lowest BCUT2D eigenvalue weighted by atomic mass is 10.1. The number of hydrogen-bond acceptors (Lipinski definition) is 3. The Bertz CT molecular complexity index is 671. The number of nitrogens with two attached hydrogens (primary N) is 1. The van der Waals surface area contributed by atoms with Gasteiger partial charge in [0.15, 0.2) is 0 Å². The molecular weight excluding hydrogens is 284 g/mol. The van der Waals surface area contributed by atoms with Gasteiger partial charge in [-0.15, -0.1) is 0 Å². The normalized spacial score (nSPS) is 9.95. The summed E-state index contributed by atoms with van der Waals surface area (Å²) in [5.74, 6) is 0.361. The fourth-order valence-electron chi connectivity index (χ4n) is 1.94. The third-order valence-electron chi connectivity index (χ3n) is 3.02. The zero-order valence-corrected chi connectivity index (χ0v) is 12.4. The Morgan fingerprint density at radius 3 is 2.71 bits per heavy atom. The molecule has 0 fully saturated rings. The van der Waals surface area contributed by atoms with Crippen molar-refractivity contribution in [1.82, 2.24) is 5.32 Å². The minimum absolute atomic E-state index is 0.187. The highest BCUT2D eigenvalue weighted by molar-refractivity contribution is 7.80. The van der Waals surface area contributed by atoms with Crippen LogP contribution < -0.4 is 15.8 Å². The number of carbonyl (C=O) groups is 1. The minimum Gasteiger partial charge on any atom is -0.496 e. The largest absolute Gasteiger partial charge is 0.496 e. The van der Waals surface area contributed by atoms with Gasteiger partial charge in [-0.3, -0.25) is 4.79 Å². The fraction of sp³-hybridized carbons (Fsp3) is 0.125. The number of carbonyl (C=O) groups excluding carboxylic acids is 1. The molecule has 2 rings (SSSR count). The maximum atomic E-state index is 12.2. The third kappa shape index (κ3) is 3.79. The van der Waals surface area contributed by atoms with E-state index in [1.807, 2.05) is 30.3 Å². The molecule has 0 saturated carbocycles. The van der Waals surface area contributed by atoms with E-state index in [9.17, 15) is 4.79 Å². The van der Waals surface area contributed by atoms with E-state index in [2.05, 4.69) is 5.32 Å². The average molecular weight is 300 g/mol. The molecule has 1 amide bonds.